The van der Waals surface area contributed by atoms with Crippen molar-refractivity contribution in [2.45, 2.75) is 52.2 Å². The molecule has 1 aromatic rings. The van der Waals surface area contributed by atoms with E-state index in [9.17, 15) is 0 Å². The van der Waals surface area contributed by atoms with Crippen LogP contribution in [0.4, 0.5) is 0 Å². The molecule has 0 unspecified atom stereocenters. The minimum absolute atomic E-state index is 0.139. The second-order valence-electron chi connectivity index (χ2n) is 5.75. The normalized spacial score (nSPS) is 16.9. The fourth-order valence-corrected chi connectivity index (χ4v) is 2.39. The average Bonchev–Trinajstić information content (AvgIpc) is 2.75. The molecule has 1 saturated heterocycles. The first-order valence-corrected chi connectivity index (χ1v) is 7.81. The molecule has 0 aromatic carbocycles. The van der Waals surface area contributed by atoms with Gasteiger partial charge in [-0.1, -0.05) is 18.9 Å². The lowest BCUT2D eigenvalue weighted by Crippen LogP contribution is -2.38. The van der Waals surface area contributed by atoms with Crippen molar-refractivity contribution in [3.8, 4) is 5.88 Å². The lowest BCUT2D eigenvalue weighted by Gasteiger charge is -2.21. The molecule has 21 heavy (non-hydrogen) atoms. The van der Waals surface area contributed by atoms with Crippen molar-refractivity contribution in [1.82, 2.24) is 9.88 Å². The minimum atomic E-state index is 0.139. The molecule has 2 rings (SSSR count). The number of nitrogens with two attached hydrogens (primary N) is 1. The van der Waals surface area contributed by atoms with Crippen molar-refractivity contribution in [2.24, 2.45) is 10.7 Å². The summed E-state index contributed by atoms with van der Waals surface area (Å²) in [6, 6.07) is 3.87. The van der Waals surface area contributed by atoms with Gasteiger partial charge in [-0.3, -0.25) is 0 Å². The quantitative estimate of drug-likeness (QED) is 0.684. The predicted molar refractivity (Wildman–Crippen MR) is 85.4 cm³/mol. The summed E-state index contributed by atoms with van der Waals surface area (Å²) in [5.74, 6) is 1.30. The molecule has 0 saturated carbocycles. The van der Waals surface area contributed by atoms with Crippen LogP contribution in [0.25, 0.3) is 0 Å². The Morgan fingerprint density at radius 1 is 1.29 bits per heavy atom. The number of pyridine rings is 1. The summed E-state index contributed by atoms with van der Waals surface area (Å²) in [5.41, 5.74) is 7.14. The maximum absolute atomic E-state index is 6.09. The molecule has 0 atom stereocenters. The molecule has 1 fully saturated rings. The summed E-state index contributed by atoms with van der Waals surface area (Å²) >= 11 is 0. The fourth-order valence-electron chi connectivity index (χ4n) is 2.39. The summed E-state index contributed by atoms with van der Waals surface area (Å²) in [7, 11) is 0. The van der Waals surface area contributed by atoms with Crippen molar-refractivity contribution < 1.29 is 4.74 Å². The summed E-state index contributed by atoms with van der Waals surface area (Å²) in [6.07, 6.45) is 6.95. The van der Waals surface area contributed by atoms with Crippen LogP contribution in [0.3, 0.4) is 0 Å². The van der Waals surface area contributed by atoms with Gasteiger partial charge in [0.05, 0.1) is 12.6 Å². The van der Waals surface area contributed by atoms with Crippen molar-refractivity contribution in [1.29, 1.82) is 0 Å². The molecule has 0 amide bonds. The van der Waals surface area contributed by atoms with E-state index in [1.807, 2.05) is 26.0 Å². The van der Waals surface area contributed by atoms with E-state index in [0.717, 1.165) is 18.7 Å². The topological polar surface area (TPSA) is 63.7 Å². The van der Waals surface area contributed by atoms with Crippen molar-refractivity contribution in [3.05, 3.63) is 23.9 Å². The van der Waals surface area contributed by atoms with Crippen LogP contribution in [0.5, 0.6) is 5.88 Å². The Labute approximate surface area is 127 Å². The van der Waals surface area contributed by atoms with Gasteiger partial charge in [0.25, 0.3) is 0 Å². The van der Waals surface area contributed by atoms with Crippen molar-refractivity contribution in [2.75, 3.05) is 13.1 Å². The van der Waals surface area contributed by atoms with Gasteiger partial charge >= 0.3 is 0 Å². The number of hydrogen-bond acceptors (Lipinski definition) is 3. The molecule has 116 valence electrons. The number of nitrogens with zero attached hydrogens (tertiary/aromatic N) is 3. The fraction of sp³-hybridized carbons (Fsp3) is 0.625. The summed E-state index contributed by atoms with van der Waals surface area (Å²) in [5, 5.41) is 0. The van der Waals surface area contributed by atoms with Gasteiger partial charge in [0.2, 0.25) is 5.88 Å². The van der Waals surface area contributed by atoms with Crippen LogP contribution in [0.15, 0.2) is 23.3 Å². The van der Waals surface area contributed by atoms with Gasteiger partial charge in [0.15, 0.2) is 5.96 Å². The van der Waals surface area contributed by atoms with Gasteiger partial charge in [0.1, 0.15) is 0 Å². The SMILES string of the molecule is CC(C)Oc1ccc(CN=C(N)N2CCCCCC2)cn1. The molecule has 1 aliphatic rings. The van der Waals surface area contributed by atoms with Crippen molar-refractivity contribution in [3.63, 3.8) is 0 Å². The highest BCUT2D eigenvalue weighted by atomic mass is 16.5. The average molecular weight is 290 g/mol. The lowest BCUT2D eigenvalue weighted by molar-refractivity contribution is 0.232. The zero-order chi connectivity index (χ0) is 15.1. The van der Waals surface area contributed by atoms with E-state index in [1.54, 1.807) is 6.20 Å². The summed E-state index contributed by atoms with van der Waals surface area (Å²) in [4.78, 5) is 11.0. The molecular formula is C16H26N4O. The third-order valence-electron chi connectivity index (χ3n) is 3.51. The Kier molecular flexibility index (Phi) is 5.84. The minimum Gasteiger partial charge on any atom is -0.475 e. The zero-order valence-electron chi connectivity index (χ0n) is 13.1. The third kappa shape index (κ3) is 5.25. The summed E-state index contributed by atoms with van der Waals surface area (Å²) in [6.45, 7) is 6.59. The number of guanidine groups is 1. The van der Waals surface area contributed by atoms with Gasteiger partial charge in [-0.15, -0.1) is 0 Å². The molecular weight excluding hydrogens is 264 g/mol. The highest BCUT2D eigenvalue weighted by molar-refractivity contribution is 5.78. The largest absolute Gasteiger partial charge is 0.475 e. The third-order valence-corrected chi connectivity index (χ3v) is 3.51. The van der Waals surface area contributed by atoms with Crippen LogP contribution in [0, 0.1) is 0 Å². The second-order valence-corrected chi connectivity index (χ2v) is 5.75. The van der Waals surface area contributed by atoms with Crippen LogP contribution >= 0.6 is 0 Å². The second kappa shape index (κ2) is 7.86. The number of ether oxygens (including phenoxy) is 1. The van der Waals surface area contributed by atoms with Crippen LogP contribution in [-0.2, 0) is 6.54 Å². The van der Waals surface area contributed by atoms with Crippen molar-refractivity contribution >= 4 is 5.96 Å². The lowest BCUT2D eigenvalue weighted by atomic mass is 10.2. The van der Waals surface area contributed by atoms with Crippen LogP contribution in [0.2, 0.25) is 0 Å². The Bertz CT molecular complexity index is 448. The molecule has 0 aliphatic carbocycles. The number of aliphatic imine (C=N–C) groups is 1. The number of likely N-dealkylation sites (tertiary alicyclic amines) is 1. The highest BCUT2D eigenvalue weighted by Crippen LogP contribution is 2.11. The first-order valence-electron chi connectivity index (χ1n) is 7.81. The maximum Gasteiger partial charge on any atom is 0.213 e. The first kappa shape index (κ1) is 15.6. The van der Waals surface area contributed by atoms with Crippen LogP contribution in [0.1, 0.15) is 45.1 Å². The monoisotopic (exact) mass is 290 g/mol. The molecule has 0 spiro atoms. The smallest absolute Gasteiger partial charge is 0.213 e. The molecule has 0 radical (unpaired) electrons. The standard InChI is InChI=1S/C16H26N4O/c1-13(2)21-15-8-7-14(11-18-15)12-19-16(17)20-9-5-3-4-6-10-20/h7-8,11,13H,3-6,9-10,12H2,1-2H3,(H2,17,19). The van der Waals surface area contributed by atoms with Crippen LogP contribution < -0.4 is 10.5 Å². The highest BCUT2D eigenvalue weighted by Gasteiger charge is 2.10. The van der Waals surface area contributed by atoms with E-state index in [0.29, 0.717) is 18.4 Å². The van der Waals surface area contributed by atoms with Crippen LogP contribution in [-0.4, -0.2) is 35.0 Å². The number of aromatic nitrogens is 1. The number of hydrogen-bond donors (Lipinski definition) is 1. The Balaban J connectivity index is 1.89. The molecule has 1 aromatic heterocycles. The van der Waals surface area contributed by atoms with Gasteiger partial charge in [-0.2, -0.15) is 0 Å². The molecule has 0 bridgehead atoms. The van der Waals surface area contributed by atoms with Gasteiger partial charge in [0, 0.05) is 25.4 Å². The summed E-state index contributed by atoms with van der Waals surface area (Å²) < 4.78 is 5.52. The maximum atomic E-state index is 6.09. The molecule has 1 aliphatic heterocycles. The predicted octanol–water partition coefficient (Wildman–Crippen LogP) is 2.56. The Hall–Kier alpha value is -1.78. The van der Waals surface area contributed by atoms with Gasteiger partial charge in [-0.05, 0) is 32.3 Å². The Morgan fingerprint density at radius 2 is 2.00 bits per heavy atom. The Morgan fingerprint density at radius 3 is 2.57 bits per heavy atom. The van der Waals surface area contributed by atoms with E-state index in [2.05, 4.69) is 14.9 Å². The van der Waals surface area contributed by atoms with E-state index < -0.39 is 0 Å². The number of rotatable bonds is 4. The van der Waals surface area contributed by atoms with E-state index in [-0.39, 0.29) is 6.10 Å². The van der Waals surface area contributed by atoms with E-state index in [4.69, 9.17) is 10.5 Å². The molecule has 5 heteroatoms. The zero-order valence-corrected chi connectivity index (χ0v) is 13.1. The molecule has 2 N–H and O–H groups in total. The molecule has 2 heterocycles. The first-order chi connectivity index (χ1) is 10.1. The molecule has 5 nitrogen and oxygen atoms in total. The van der Waals surface area contributed by atoms with Gasteiger partial charge in [-0.25, -0.2) is 9.98 Å². The van der Waals surface area contributed by atoms with E-state index in [1.165, 1.54) is 25.7 Å². The van der Waals surface area contributed by atoms with Gasteiger partial charge < -0.3 is 15.4 Å². The van der Waals surface area contributed by atoms with E-state index >= 15 is 0 Å².